The molecule has 0 saturated heterocycles. The molecule has 1 aromatic carbocycles. The van der Waals surface area contributed by atoms with Crippen LogP contribution >= 0.6 is 0 Å². The number of rotatable bonds is 7. The summed E-state index contributed by atoms with van der Waals surface area (Å²) in [5.41, 5.74) is 1.40. The molecule has 2 nitrogen and oxygen atoms in total. The topological polar surface area (TPSA) is 21.3 Å². The molecule has 0 spiro atoms. The van der Waals surface area contributed by atoms with Gasteiger partial charge in [-0.3, -0.25) is 0 Å². The summed E-state index contributed by atoms with van der Waals surface area (Å²) in [5.74, 6) is 1.61. The third kappa shape index (κ3) is 4.02. The number of nitrogens with one attached hydrogen (secondary N) is 1. The number of ether oxygens (including phenoxy) is 1. The van der Waals surface area contributed by atoms with Gasteiger partial charge in [0.05, 0.1) is 0 Å². The molecule has 0 bridgehead atoms. The maximum atomic E-state index is 5.90. The summed E-state index contributed by atoms with van der Waals surface area (Å²) >= 11 is 0. The van der Waals surface area contributed by atoms with E-state index in [-0.39, 0.29) is 6.10 Å². The summed E-state index contributed by atoms with van der Waals surface area (Å²) in [6.07, 6.45) is 4.08. The normalized spacial score (nSPS) is 18.4. The van der Waals surface area contributed by atoms with E-state index < -0.39 is 0 Å². The molecule has 2 unspecified atom stereocenters. The molecule has 0 amide bonds. The van der Waals surface area contributed by atoms with E-state index in [0.717, 1.165) is 18.3 Å². The summed E-state index contributed by atoms with van der Waals surface area (Å²) < 4.78 is 5.90. The lowest BCUT2D eigenvalue weighted by atomic mass is 9.99. The van der Waals surface area contributed by atoms with Crippen LogP contribution < -0.4 is 10.1 Å². The minimum absolute atomic E-state index is 0.236. The van der Waals surface area contributed by atoms with Crippen LogP contribution in [0.25, 0.3) is 0 Å². The second-order valence-electron chi connectivity index (χ2n) is 5.49. The van der Waals surface area contributed by atoms with Crippen molar-refractivity contribution >= 4 is 0 Å². The molecule has 1 aliphatic carbocycles. The van der Waals surface area contributed by atoms with Crippen LogP contribution in [0.1, 0.15) is 51.5 Å². The van der Waals surface area contributed by atoms with Gasteiger partial charge in [-0.05, 0) is 49.8 Å². The standard InChI is InChI=1S/C16H25NO/c1-4-12(2)14-5-9-16(10-6-14)18-13(3)11-17-15-7-8-15/h5-6,9-10,12-13,15,17H,4,7-8,11H2,1-3H3. The number of hydrogen-bond donors (Lipinski definition) is 1. The largest absolute Gasteiger partial charge is 0.489 e. The van der Waals surface area contributed by atoms with Crippen LogP contribution in [0.3, 0.4) is 0 Å². The third-order valence-corrected chi connectivity index (χ3v) is 3.67. The minimum atomic E-state index is 0.236. The molecule has 100 valence electrons. The van der Waals surface area contributed by atoms with E-state index in [2.05, 4.69) is 50.4 Å². The SMILES string of the molecule is CCC(C)c1ccc(OC(C)CNC2CC2)cc1. The fourth-order valence-electron chi connectivity index (χ4n) is 2.00. The van der Waals surface area contributed by atoms with Gasteiger partial charge >= 0.3 is 0 Å². The first-order valence-electron chi connectivity index (χ1n) is 7.19. The van der Waals surface area contributed by atoms with Crippen molar-refractivity contribution in [3.63, 3.8) is 0 Å². The highest BCUT2D eigenvalue weighted by atomic mass is 16.5. The van der Waals surface area contributed by atoms with E-state index in [9.17, 15) is 0 Å². The molecule has 0 heterocycles. The number of benzene rings is 1. The van der Waals surface area contributed by atoms with Crippen molar-refractivity contribution < 1.29 is 4.74 Å². The average Bonchev–Trinajstić information content (AvgIpc) is 3.20. The van der Waals surface area contributed by atoms with E-state index in [4.69, 9.17) is 4.74 Å². The Balaban J connectivity index is 1.80. The van der Waals surface area contributed by atoms with Crippen molar-refractivity contribution in [3.05, 3.63) is 29.8 Å². The molecule has 0 aliphatic heterocycles. The zero-order valence-electron chi connectivity index (χ0n) is 11.8. The Labute approximate surface area is 111 Å². The molecule has 2 heteroatoms. The Hall–Kier alpha value is -1.02. The van der Waals surface area contributed by atoms with E-state index >= 15 is 0 Å². The van der Waals surface area contributed by atoms with Crippen molar-refractivity contribution in [1.82, 2.24) is 5.32 Å². The summed E-state index contributed by atoms with van der Waals surface area (Å²) in [5, 5.41) is 3.49. The van der Waals surface area contributed by atoms with Crippen LogP contribution in [0.5, 0.6) is 5.75 Å². The van der Waals surface area contributed by atoms with Crippen LogP contribution in [0, 0.1) is 0 Å². The van der Waals surface area contributed by atoms with E-state index in [0.29, 0.717) is 5.92 Å². The van der Waals surface area contributed by atoms with Crippen molar-refractivity contribution in [2.24, 2.45) is 0 Å². The lowest BCUT2D eigenvalue weighted by molar-refractivity contribution is 0.216. The zero-order valence-corrected chi connectivity index (χ0v) is 11.8. The van der Waals surface area contributed by atoms with Gasteiger partial charge in [-0.2, -0.15) is 0 Å². The predicted molar refractivity (Wildman–Crippen MR) is 76.3 cm³/mol. The maximum Gasteiger partial charge on any atom is 0.119 e. The van der Waals surface area contributed by atoms with Gasteiger partial charge in [0.1, 0.15) is 11.9 Å². The Bertz CT molecular complexity index is 356. The summed E-state index contributed by atoms with van der Waals surface area (Å²) in [4.78, 5) is 0. The first kappa shape index (κ1) is 13.4. The van der Waals surface area contributed by atoms with Crippen molar-refractivity contribution in [2.75, 3.05) is 6.54 Å². The Morgan fingerprint density at radius 2 is 1.89 bits per heavy atom. The quantitative estimate of drug-likeness (QED) is 0.793. The molecule has 1 saturated carbocycles. The zero-order chi connectivity index (χ0) is 13.0. The van der Waals surface area contributed by atoms with Crippen molar-refractivity contribution in [3.8, 4) is 5.75 Å². The van der Waals surface area contributed by atoms with Crippen LogP contribution in [0.4, 0.5) is 0 Å². The highest BCUT2D eigenvalue weighted by Gasteiger charge is 2.21. The van der Waals surface area contributed by atoms with Crippen molar-refractivity contribution in [1.29, 1.82) is 0 Å². The molecular weight excluding hydrogens is 222 g/mol. The maximum absolute atomic E-state index is 5.90. The molecule has 1 aromatic rings. The Morgan fingerprint density at radius 1 is 1.22 bits per heavy atom. The van der Waals surface area contributed by atoms with Crippen LogP contribution in [-0.4, -0.2) is 18.7 Å². The molecular formula is C16H25NO. The fourth-order valence-corrected chi connectivity index (χ4v) is 2.00. The van der Waals surface area contributed by atoms with Gasteiger partial charge < -0.3 is 10.1 Å². The molecule has 1 N–H and O–H groups in total. The third-order valence-electron chi connectivity index (χ3n) is 3.67. The molecule has 2 atom stereocenters. The fraction of sp³-hybridized carbons (Fsp3) is 0.625. The lowest BCUT2D eigenvalue weighted by Gasteiger charge is -2.16. The monoisotopic (exact) mass is 247 g/mol. The number of hydrogen-bond acceptors (Lipinski definition) is 2. The summed E-state index contributed by atoms with van der Waals surface area (Å²) in [6, 6.07) is 9.31. The molecule has 2 rings (SSSR count). The van der Waals surface area contributed by atoms with Gasteiger partial charge in [-0.15, -0.1) is 0 Å². The first-order chi connectivity index (χ1) is 8.69. The Morgan fingerprint density at radius 3 is 2.44 bits per heavy atom. The smallest absolute Gasteiger partial charge is 0.119 e. The predicted octanol–water partition coefficient (Wildman–Crippen LogP) is 3.72. The van der Waals surface area contributed by atoms with Gasteiger partial charge in [0, 0.05) is 12.6 Å². The molecule has 18 heavy (non-hydrogen) atoms. The van der Waals surface area contributed by atoms with E-state index in [1.54, 1.807) is 0 Å². The highest BCUT2D eigenvalue weighted by molar-refractivity contribution is 5.29. The first-order valence-corrected chi connectivity index (χ1v) is 7.19. The van der Waals surface area contributed by atoms with Gasteiger partial charge in [-0.25, -0.2) is 0 Å². The van der Waals surface area contributed by atoms with Gasteiger partial charge in [0.25, 0.3) is 0 Å². The molecule has 0 aromatic heterocycles. The van der Waals surface area contributed by atoms with Gasteiger partial charge in [0.15, 0.2) is 0 Å². The lowest BCUT2D eigenvalue weighted by Crippen LogP contribution is -2.30. The summed E-state index contributed by atoms with van der Waals surface area (Å²) in [7, 11) is 0. The summed E-state index contributed by atoms with van der Waals surface area (Å²) in [6.45, 7) is 7.55. The molecule has 0 radical (unpaired) electrons. The van der Waals surface area contributed by atoms with E-state index in [1.165, 1.54) is 24.8 Å². The second kappa shape index (κ2) is 6.24. The van der Waals surface area contributed by atoms with Crippen molar-refractivity contribution in [2.45, 2.75) is 58.1 Å². The van der Waals surface area contributed by atoms with Crippen LogP contribution in [-0.2, 0) is 0 Å². The highest BCUT2D eigenvalue weighted by Crippen LogP contribution is 2.22. The molecule has 1 aliphatic rings. The van der Waals surface area contributed by atoms with Crippen LogP contribution in [0.2, 0.25) is 0 Å². The van der Waals surface area contributed by atoms with Gasteiger partial charge in [0.2, 0.25) is 0 Å². The Kier molecular flexibility index (Phi) is 4.65. The van der Waals surface area contributed by atoms with Gasteiger partial charge in [-0.1, -0.05) is 26.0 Å². The average molecular weight is 247 g/mol. The molecule has 1 fully saturated rings. The van der Waals surface area contributed by atoms with E-state index in [1.807, 2.05) is 0 Å². The van der Waals surface area contributed by atoms with Crippen LogP contribution in [0.15, 0.2) is 24.3 Å². The minimum Gasteiger partial charge on any atom is -0.489 e. The second-order valence-corrected chi connectivity index (χ2v) is 5.49.